The Morgan fingerprint density at radius 1 is 1.39 bits per heavy atom. The second-order valence-corrected chi connectivity index (χ2v) is 5.84. The quantitative estimate of drug-likeness (QED) is 0.791. The van der Waals surface area contributed by atoms with E-state index >= 15 is 0 Å². The van der Waals surface area contributed by atoms with E-state index in [-0.39, 0.29) is 0 Å². The minimum Gasteiger partial charge on any atom is -0.376 e. The molecule has 0 bridgehead atoms. The summed E-state index contributed by atoms with van der Waals surface area (Å²) in [4.78, 5) is 0. The van der Waals surface area contributed by atoms with Gasteiger partial charge in [-0.1, -0.05) is 12.1 Å². The molecular weight excluding hydrogens is 339 g/mol. The molecule has 1 aliphatic rings. The first kappa shape index (κ1) is 12.2. The number of hydrogen-bond donors (Lipinski definition) is 0. The van der Waals surface area contributed by atoms with Crippen LogP contribution < -0.4 is 0 Å². The first-order valence-electron chi connectivity index (χ1n) is 6.21. The van der Waals surface area contributed by atoms with Gasteiger partial charge >= 0.3 is 0 Å². The predicted octanol–water partition coefficient (Wildman–Crippen LogP) is 3.33. The Bertz CT molecular complexity index is 532. The summed E-state index contributed by atoms with van der Waals surface area (Å²) in [5, 5.41) is 4.42. The SMILES string of the molecule is Ic1cccc(-c2cnn(CC3CCCO3)c2)c1. The first-order valence-corrected chi connectivity index (χ1v) is 7.29. The number of rotatable bonds is 3. The lowest BCUT2D eigenvalue weighted by Gasteiger charge is -2.08. The highest BCUT2D eigenvalue weighted by Gasteiger charge is 2.16. The van der Waals surface area contributed by atoms with Crippen molar-refractivity contribution in [3.63, 3.8) is 0 Å². The van der Waals surface area contributed by atoms with Crippen LogP contribution in [0.4, 0.5) is 0 Å². The summed E-state index contributed by atoms with van der Waals surface area (Å²) in [6, 6.07) is 8.47. The molecule has 18 heavy (non-hydrogen) atoms. The summed E-state index contributed by atoms with van der Waals surface area (Å²) in [6.45, 7) is 1.76. The van der Waals surface area contributed by atoms with Gasteiger partial charge in [-0.2, -0.15) is 5.10 Å². The highest BCUT2D eigenvalue weighted by molar-refractivity contribution is 14.1. The molecule has 1 aromatic heterocycles. The first-order chi connectivity index (χ1) is 8.81. The Kier molecular flexibility index (Phi) is 3.65. The van der Waals surface area contributed by atoms with Crippen molar-refractivity contribution < 1.29 is 4.74 Å². The van der Waals surface area contributed by atoms with Crippen LogP contribution in [0.5, 0.6) is 0 Å². The Morgan fingerprint density at radius 3 is 3.11 bits per heavy atom. The molecule has 2 aromatic rings. The van der Waals surface area contributed by atoms with Gasteiger partial charge in [-0.05, 0) is 53.1 Å². The van der Waals surface area contributed by atoms with E-state index in [1.165, 1.54) is 21.1 Å². The standard InChI is InChI=1S/C14H15IN2O/c15-13-4-1-3-11(7-13)12-8-16-17(9-12)10-14-5-2-6-18-14/h1,3-4,7-9,14H,2,5-6,10H2. The Labute approximate surface area is 120 Å². The van der Waals surface area contributed by atoms with Gasteiger partial charge in [0.1, 0.15) is 0 Å². The molecule has 1 unspecified atom stereocenters. The monoisotopic (exact) mass is 354 g/mol. The van der Waals surface area contributed by atoms with E-state index in [0.29, 0.717) is 6.10 Å². The van der Waals surface area contributed by atoms with Gasteiger partial charge in [0.2, 0.25) is 0 Å². The highest BCUT2D eigenvalue weighted by atomic mass is 127. The van der Waals surface area contributed by atoms with Gasteiger partial charge in [0, 0.05) is 21.9 Å². The van der Waals surface area contributed by atoms with Crippen molar-refractivity contribution in [1.29, 1.82) is 0 Å². The van der Waals surface area contributed by atoms with Crippen LogP contribution in [0.3, 0.4) is 0 Å². The van der Waals surface area contributed by atoms with Crippen LogP contribution in [0.15, 0.2) is 36.7 Å². The third-order valence-electron chi connectivity index (χ3n) is 3.21. The minimum absolute atomic E-state index is 0.341. The zero-order valence-electron chi connectivity index (χ0n) is 10.1. The second-order valence-electron chi connectivity index (χ2n) is 4.60. The van der Waals surface area contributed by atoms with Crippen molar-refractivity contribution in [1.82, 2.24) is 9.78 Å². The summed E-state index contributed by atoms with van der Waals surface area (Å²) >= 11 is 2.33. The normalized spacial score (nSPS) is 19.3. The van der Waals surface area contributed by atoms with Gasteiger partial charge in [-0.3, -0.25) is 4.68 Å². The van der Waals surface area contributed by atoms with Crippen LogP contribution in [0.25, 0.3) is 11.1 Å². The van der Waals surface area contributed by atoms with Crippen molar-refractivity contribution in [2.45, 2.75) is 25.5 Å². The molecule has 3 nitrogen and oxygen atoms in total. The van der Waals surface area contributed by atoms with Crippen molar-refractivity contribution in [3.05, 3.63) is 40.2 Å². The van der Waals surface area contributed by atoms with E-state index in [1.54, 1.807) is 0 Å². The zero-order chi connectivity index (χ0) is 12.4. The lowest BCUT2D eigenvalue weighted by atomic mass is 10.1. The van der Waals surface area contributed by atoms with Crippen molar-refractivity contribution in [3.8, 4) is 11.1 Å². The summed E-state index contributed by atoms with van der Waals surface area (Å²) in [6.07, 6.45) is 6.70. The Hall–Kier alpha value is -0.880. The zero-order valence-corrected chi connectivity index (χ0v) is 12.2. The van der Waals surface area contributed by atoms with Gasteiger partial charge in [-0.15, -0.1) is 0 Å². The summed E-state index contributed by atoms with van der Waals surface area (Å²) in [5.41, 5.74) is 2.40. The number of ether oxygens (including phenoxy) is 1. The summed E-state index contributed by atoms with van der Waals surface area (Å²) in [5.74, 6) is 0. The van der Waals surface area contributed by atoms with Gasteiger partial charge in [-0.25, -0.2) is 0 Å². The summed E-state index contributed by atoms with van der Waals surface area (Å²) in [7, 11) is 0. The van der Waals surface area contributed by atoms with E-state index in [0.717, 1.165) is 19.6 Å². The lowest BCUT2D eigenvalue weighted by molar-refractivity contribution is 0.0940. The smallest absolute Gasteiger partial charge is 0.0771 e. The largest absolute Gasteiger partial charge is 0.376 e. The predicted molar refractivity (Wildman–Crippen MR) is 79.4 cm³/mol. The minimum atomic E-state index is 0.341. The van der Waals surface area contributed by atoms with Crippen LogP contribution in [0.1, 0.15) is 12.8 Å². The fourth-order valence-electron chi connectivity index (χ4n) is 2.28. The molecule has 1 aromatic carbocycles. The fourth-order valence-corrected chi connectivity index (χ4v) is 2.82. The van der Waals surface area contributed by atoms with E-state index in [9.17, 15) is 0 Å². The van der Waals surface area contributed by atoms with E-state index in [4.69, 9.17) is 4.74 Å². The van der Waals surface area contributed by atoms with Crippen LogP contribution in [0, 0.1) is 3.57 Å². The van der Waals surface area contributed by atoms with Gasteiger partial charge < -0.3 is 4.74 Å². The lowest BCUT2D eigenvalue weighted by Crippen LogP contribution is -2.14. The number of hydrogen-bond acceptors (Lipinski definition) is 2. The second kappa shape index (κ2) is 5.40. The average molecular weight is 354 g/mol. The molecule has 0 saturated carbocycles. The van der Waals surface area contributed by atoms with Crippen molar-refractivity contribution >= 4 is 22.6 Å². The molecular formula is C14H15IN2O. The van der Waals surface area contributed by atoms with Gasteiger partial charge in [0.25, 0.3) is 0 Å². The maximum Gasteiger partial charge on any atom is 0.0771 e. The third-order valence-corrected chi connectivity index (χ3v) is 3.88. The number of aromatic nitrogens is 2. The van der Waals surface area contributed by atoms with E-state index < -0.39 is 0 Å². The number of nitrogens with zero attached hydrogens (tertiary/aromatic N) is 2. The fraction of sp³-hybridized carbons (Fsp3) is 0.357. The van der Waals surface area contributed by atoms with Crippen LogP contribution in [0.2, 0.25) is 0 Å². The Balaban J connectivity index is 1.76. The third kappa shape index (κ3) is 2.75. The van der Waals surface area contributed by atoms with Crippen LogP contribution in [-0.2, 0) is 11.3 Å². The maximum atomic E-state index is 5.63. The van der Waals surface area contributed by atoms with Gasteiger partial charge in [0.15, 0.2) is 0 Å². The highest BCUT2D eigenvalue weighted by Crippen LogP contribution is 2.21. The van der Waals surface area contributed by atoms with E-state index in [1.807, 2.05) is 10.9 Å². The van der Waals surface area contributed by atoms with Crippen molar-refractivity contribution in [2.24, 2.45) is 0 Å². The summed E-state index contributed by atoms with van der Waals surface area (Å²) < 4.78 is 8.87. The molecule has 0 N–H and O–H groups in total. The topological polar surface area (TPSA) is 27.1 Å². The molecule has 1 aliphatic heterocycles. The molecule has 2 heterocycles. The number of halogens is 1. The average Bonchev–Trinajstić information content (AvgIpc) is 3.01. The van der Waals surface area contributed by atoms with Crippen LogP contribution >= 0.6 is 22.6 Å². The molecule has 1 fully saturated rings. The molecule has 4 heteroatoms. The van der Waals surface area contributed by atoms with Crippen molar-refractivity contribution in [2.75, 3.05) is 6.61 Å². The molecule has 0 aliphatic carbocycles. The molecule has 94 valence electrons. The molecule has 3 rings (SSSR count). The molecule has 1 saturated heterocycles. The van der Waals surface area contributed by atoms with Gasteiger partial charge in [0.05, 0.1) is 18.8 Å². The van der Waals surface area contributed by atoms with Crippen LogP contribution in [-0.4, -0.2) is 22.5 Å². The molecule has 1 atom stereocenters. The molecule has 0 radical (unpaired) electrons. The number of benzene rings is 1. The van der Waals surface area contributed by atoms with E-state index in [2.05, 4.69) is 58.2 Å². The molecule has 0 spiro atoms. The Morgan fingerprint density at radius 2 is 2.33 bits per heavy atom. The molecule has 0 amide bonds. The maximum absolute atomic E-state index is 5.63.